The van der Waals surface area contributed by atoms with Crippen molar-refractivity contribution in [1.82, 2.24) is 21.0 Å². The third-order valence-corrected chi connectivity index (χ3v) is 5.67. The maximum atomic E-state index is 7.97. The van der Waals surface area contributed by atoms with Gasteiger partial charge in [0.05, 0.1) is 24.6 Å². The van der Waals surface area contributed by atoms with Gasteiger partial charge in [-0.05, 0) is 37.4 Å². The summed E-state index contributed by atoms with van der Waals surface area (Å²) in [5.74, 6) is 0.729. The molecule has 0 aliphatic carbocycles. The number of guanidine groups is 1. The van der Waals surface area contributed by atoms with E-state index in [1.54, 1.807) is 6.20 Å². The number of anilines is 4. The quantitative estimate of drug-likeness (QED) is 0.235. The summed E-state index contributed by atoms with van der Waals surface area (Å²) < 4.78 is 5.41. The Bertz CT molecular complexity index is 878. The number of benzene rings is 1. The minimum absolute atomic E-state index is 0.141. The summed E-state index contributed by atoms with van der Waals surface area (Å²) in [6.07, 6.45) is 1.73. The molecule has 0 atom stereocenters. The van der Waals surface area contributed by atoms with Crippen LogP contribution < -0.4 is 37.0 Å². The van der Waals surface area contributed by atoms with Gasteiger partial charge in [-0.2, -0.15) is 5.53 Å². The van der Waals surface area contributed by atoms with E-state index in [9.17, 15) is 0 Å². The highest BCUT2D eigenvalue weighted by atomic mass is 16.5. The van der Waals surface area contributed by atoms with E-state index in [-0.39, 0.29) is 5.96 Å². The van der Waals surface area contributed by atoms with Gasteiger partial charge in [0, 0.05) is 57.2 Å². The molecule has 2 aliphatic heterocycles. The molecule has 172 valence electrons. The lowest BCUT2D eigenvalue weighted by Gasteiger charge is -2.33. The molecule has 6 N–H and O–H groups in total. The van der Waals surface area contributed by atoms with Crippen molar-refractivity contribution in [2.75, 3.05) is 79.8 Å². The van der Waals surface area contributed by atoms with Crippen LogP contribution in [0.25, 0.3) is 0 Å². The number of rotatable bonds is 7. The summed E-state index contributed by atoms with van der Waals surface area (Å²) in [5.41, 5.74) is 17.5. The van der Waals surface area contributed by atoms with E-state index >= 15 is 0 Å². The standard InChI is InChI=1S/C21H32N10O/c1-28-8-10-30(11-9-28)20-16-19(6-7-24-20)31(21(22)23)27-26-25-17-2-4-18(5-3-17)29-12-14-32-15-13-29/h2-7,16,25-27H,8-15H2,1H3,(H3,22,23). The van der Waals surface area contributed by atoms with Gasteiger partial charge in [0.15, 0.2) is 0 Å². The maximum Gasteiger partial charge on any atom is 0.209 e. The van der Waals surface area contributed by atoms with Crippen molar-refractivity contribution >= 4 is 28.8 Å². The number of pyridine rings is 1. The van der Waals surface area contributed by atoms with Gasteiger partial charge in [0.2, 0.25) is 5.96 Å². The number of nitrogens with one attached hydrogen (secondary N) is 4. The lowest BCUT2D eigenvalue weighted by molar-refractivity contribution is 0.122. The average molecular weight is 441 g/mol. The minimum atomic E-state index is -0.141. The second-order valence-corrected chi connectivity index (χ2v) is 7.89. The van der Waals surface area contributed by atoms with Crippen LogP contribution in [0, 0.1) is 5.41 Å². The van der Waals surface area contributed by atoms with Crippen molar-refractivity contribution in [3.8, 4) is 0 Å². The lowest BCUT2D eigenvalue weighted by Crippen LogP contribution is -2.55. The van der Waals surface area contributed by atoms with Gasteiger partial charge >= 0.3 is 0 Å². The summed E-state index contributed by atoms with van der Waals surface area (Å²) in [6.45, 7) is 7.16. The highest BCUT2D eigenvalue weighted by Gasteiger charge is 2.17. The third-order valence-electron chi connectivity index (χ3n) is 5.67. The molecule has 11 nitrogen and oxygen atoms in total. The molecule has 1 aromatic heterocycles. The van der Waals surface area contributed by atoms with E-state index in [1.165, 1.54) is 10.7 Å². The van der Waals surface area contributed by atoms with Crippen LogP contribution in [0.3, 0.4) is 0 Å². The number of morpholine rings is 1. The normalized spacial score (nSPS) is 17.3. The smallest absolute Gasteiger partial charge is 0.209 e. The maximum absolute atomic E-state index is 7.97. The van der Waals surface area contributed by atoms with E-state index in [4.69, 9.17) is 15.9 Å². The fourth-order valence-electron chi connectivity index (χ4n) is 3.75. The van der Waals surface area contributed by atoms with E-state index in [2.05, 4.69) is 55.4 Å². The second-order valence-electron chi connectivity index (χ2n) is 7.89. The molecule has 0 amide bonds. The minimum Gasteiger partial charge on any atom is -0.378 e. The van der Waals surface area contributed by atoms with Gasteiger partial charge in [0.25, 0.3) is 0 Å². The molecule has 2 saturated heterocycles. The van der Waals surface area contributed by atoms with Crippen molar-refractivity contribution in [3.63, 3.8) is 0 Å². The zero-order valence-corrected chi connectivity index (χ0v) is 18.4. The van der Waals surface area contributed by atoms with E-state index in [1.807, 2.05) is 24.3 Å². The number of aromatic nitrogens is 1. The Balaban J connectivity index is 1.34. The first kappa shape index (κ1) is 22.1. The van der Waals surface area contributed by atoms with Gasteiger partial charge in [-0.25, -0.2) is 9.99 Å². The summed E-state index contributed by atoms with van der Waals surface area (Å²) in [5, 5.41) is 9.43. The molecule has 0 saturated carbocycles. The SMILES string of the molecule is CN1CCN(c2cc(N(NNNc3ccc(N4CCOCC4)cc3)C(=N)N)ccn2)CC1. The topological polar surface area (TPSA) is 121 Å². The summed E-state index contributed by atoms with van der Waals surface area (Å²) in [7, 11) is 2.12. The summed E-state index contributed by atoms with van der Waals surface area (Å²) in [6, 6.07) is 11.9. The molecule has 3 heterocycles. The van der Waals surface area contributed by atoms with Gasteiger partial charge in [0.1, 0.15) is 5.82 Å². The van der Waals surface area contributed by atoms with Crippen molar-refractivity contribution < 1.29 is 4.74 Å². The molecular formula is C21H32N10O. The Morgan fingerprint density at radius 2 is 1.75 bits per heavy atom. The number of hydrogen-bond donors (Lipinski definition) is 5. The van der Waals surface area contributed by atoms with Crippen LogP contribution in [-0.4, -0.2) is 75.4 Å². The Hall–Kier alpha value is -3.12. The predicted octanol–water partition coefficient (Wildman–Crippen LogP) is 0.406. The predicted molar refractivity (Wildman–Crippen MR) is 128 cm³/mol. The summed E-state index contributed by atoms with van der Waals surface area (Å²) in [4.78, 5) is 11.3. The molecule has 2 fully saturated rings. The van der Waals surface area contributed by atoms with Crippen LogP contribution in [0.2, 0.25) is 0 Å². The number of hydrogen-bond acceptors (Lipinski definition) is 9. The highest BCUT2D eigenvalue weighted by molar-refractivity contribution is 5.91. The average Bonchev–Trinajstić information content (AvgIpc) is 2.83. The first-order chi connectivity index (χ1) is 15.6. The lowest BCUT2D eigenvalue weighted by atomic mass is 10.2. The zero-order valence-electron chi connectivity index (χ0n) is 18.4. The molecule has 0 radical (unpaired) electrons. The Kier molecular flexibility index (Phi) is 7.22. The van der Waals surface area contributed by atoms with Crippen LogP contribution in [0.5, 0.6) is 0 Å². The van der Waals surface area contributed by atoms with Gasteiger partial charge in [-0.15, -0.1) is 5.53 Å². The molecule has 2 aromatic rings. The monoisotopic (exact) mass is 440 g/mol. The zero-order chi connectivity index (χ0) is 22.3. The van der Waals surface area contributed by atoms with Crippen molar-refractivity contribution in [1.29, 1.82) is 5.41 Å². The number of piperazine rings is 1. The van der Waals surface area contributed by atoms with E-state index in [0.717, 1.165) is 69.7 Å². The largest absolute Gasteiger partial charge is 0.378 e. The molecule has 1 aromatic carbocycles. The van der Waals surface area contributed by atoms with Crippen LogP contribution in [0.1, 0.15) is 0 Å². The number of nitrogens with two attached hydrogens (primary N) is 1. The van der Waals surface area contributed by atoms with Gasteiger partial charge < -0.3 is 30.6 Å². The van der Waals surface area contributed by atoms with Crippen molar-refractivity contribution in [2.45, 2.75) is 0 Å². The molecule has 32 heavy (non-hydrogen) atoms. The Morgan fingerprint density at radius 1 is 1.03 bits per heavy atom. The second kappa shape index (κ2) is 10.5. The van der Waals surface area contributed by atoms with Crippen LogP contribution >= 0.6 is 0 Å². The molecule has 0 spiro atoms. The molecular weight excluding hydrogens is 408 g/mol. The van der Waals surface area contributed by atoms with Crippen molar-refractivity contribution in [2.24, 2.45) is 5.73 Å². The fraction of sp³-hybridized carbons (Fsp3) is 0.429. The number of hydrazine groups is 3. The first-order valence-corrected chi connectivity index (χ1v) is 10.8. The number of ether oxygens (including phenoxy) is 1. The third kappa shape index (κ3) is 5.56. The molecule has 4 rings (SSSR count). The van der Waals surface area contributed by atoms with Crippen LogP contribution in [0.4, 0.5) is 22.9 Å². The van der Waals surface area contributed by atoms with E-state index in [0.29, 0.717) is 0 Å². The molecule has 11 heteroatoms. The summed E-state index contributed by atoms with van der Waals surface area (Å²) >= 11 is 0. The highest BCUT2D eigenvalue weighted by Crippen LogP contribution is 2.20. The van der Waals surface area contributed by atoms with E-state index < -0.39 is 0 Å². The number of nitrogens with zero attached hydrogens (tertiary/aromatic N) is 5. The molecule has 0 unspecified atom stereocenters. The Morgan fingerprint density at radius 3 is 2.44 bits per heavy atom. The molecule has 2 aliphatic rings. The first-order valence-electron chi connectivity index (χ1n) is 10.8. The van der Waals surface area contributed by atoms with Gasteiger partial charge in [-0.3, -0.25) is 5.41 Å². The van der Waals surface area contributed by atoms with Crippen LogP contribution in [0.15, 0.2) is 42.6 Å². The van der Waals surface area contributed by atoms with Gasteiger partial charge in [-0.1, -0.05) is 0 Å². The van der Waals surface area contributed by atoms with Crippen LogP contribution in [-0.2, 0) is 4.74 Å². The number of likely N-dealkylation sites (N-methyl/N-ethyl adjacent to an activating group) is 1. The molecule has 0 bridgehead atoms. The fourth-order valence-corrected chi connectivity index (χ4v) is 3.75. The van der Waals surface area contributed by atoms with Crippen molar-refractivity contribution in [3.05, 3.63) is 42.6 Å². The Labute approximate surface area is 188 Å².